The minimum Gasteiger partial charge on any atom is -0.543 e. The van der Waals surface area contributed by atoms with Gasteiger partial charge in [-0.05, 0) is 22.4 Å². The molecule has 2 aliphatic heterocycles. The van der Waals surface area contributed by atoms with Gasteiger partial charge >= 0.3 is 35.5 Å². The Balaban J connectivity index is -0.000000405. The maximum atomic E-state index is 13.1. The molecule has 0 aliphatic carbocycles. The molecule has 1 unspecified atom stereocenters. The van der Waals surface area contributed by atoms with E-state index >= 15 is 0 Å². The second-order valence-corrected chi connectivity index (χ2v) is 10.1. The van der Waals surface area contributed by atoms with Crippen molar-refractivity contribution in [2.24, 2.45) is 12.8 Å². The largest absolute Gasteiger partial charge is 1.00 e. The number of ether oxygens (including phenoxy) is 1. The van der Waals surface area contributed by atoms with Crippen molar-refractivity contribution in [2.75, 3.05) is 24.4 Å². The molecule has 18 N–H and O–H groups in total. The van der Waals surface area contributed by atoms with Gasteiger partial charge in [-0.1, -0.05) is 11.8 Å². The Morgan fingerprint density at radius 3 is 2.26 bits per heavy atom. The van der Waals surface area contributed by atoms with E-state index in [1.54, 1.807) is 7.05 Å². The number of nitrogens with zero attached hydrogens (tertiary/aromatic N) is 5. The number of aryl methyl sites for hydroxylation is 1. The van der Waals surface area contributed by atoms with Crippen LogP contribution in [0, 0.1) is 0 Å². The van der Waals surface area contributed by atoms with Crippen LogP contribution in [0.1, 0.15) is 6.42 Å². The summed E-state index contributed by atoms with van der Waals surface area (Å²) in [5.74, 6) is -4.13. The normalized spacial score (nSPS) is 20.2. The Labute approximate surface area is 274 Å². The van der Waals surface area contributed by atoms with Crippen molar-refractivity contribution in [1.29, 1.82) is 0 Å². The number of rotatable bonds is 11. The number of thiol groups is 1. The molecular weight excluding hydrogens is 645 g/mol. The van der Waals surface area contributed by atoms with Gasteiger partial charge < -0.3 is 69.1 Å². The Bertz CT molecular complexity index is 1050. The first-order valence-corrected chi connectivity index (χ1v) is 12.4. The first-order valence-electron chi connectivity index (χ1n) is 9.76. The molecule has 1 saturated heterocycles. The molecule has 1 fully saturated rings. The van der Waals surface area contributed by atoms with Crippen LogP contribution in [-0.2, 0) is 31.0 Å². The van der Waals surface area contributed by atoms with Gasteiger partial charge in [0.15, 0.2) is 0 Å². The van der Waals surface area contributed by atoms with Gasteiger partial charge in [0.2, 0.25) is 16.8 Å². The number of amides is 2. The average molecular weight is 682 g/mol. The number of carbonyl (C=O) groups is 4. The zero-order chi connectivity index (χ0) is 25.2. The van der Waals surface area contributed by atoms with E-state index in [4.69, 9.17) is 15.6 Å². The maximum absolute atomic E-state index is 13.1. The number of carbonyl (C=O) groups excluding carboxylic acids is 3. The number of tetrazole rings is 1. The van der Waals surface area contributed by atoms with Gasteiger partial charge in [0, 0.05) is 30.9 Å². The third-order valence-electron chi connectivity index (χ3n) is 5.27. The molecule has 3 rings (SSSR count). The van der Waals surface area contributed by atoms with Crippen molar-refractivity contribution in [3.8, 4) is 0 Å². The van der Waals surface area contributed by atoms with E-state index in [1.807, 2.05) is 0 Å². The van der Waals surface area contributed by atoms with Gasteiger partial charge in [-0.15, -0.1) is 16.9 Å². The molecule has 2 aliphatic rings. The van der Waals surface area contributed by atoms with Crippen LogP contribution >= 0.6 is 36.2 Å². The fourth-order valence-electron chi connectivity index (χ4n) is 3.71. The number of aromatic nitrogens is 4. The molecule has 0 spiro atoms. The monoisotopic (exact) mass is 681 g/mol. The number of thioether (sulfide) groups is 2. The van der Waals surface area contributed by atoms with E-state index in [0.29, 0.717) is 10.7 Å². The Hall–Kier alpha value is -1.62. The number of nitrogens with two attached hydrogens (primary N) is 1. The summed E-state index contributed by atoms with van der Waals surface area (Å²) in [4.78, 5) is 49.4. The molecular formula is C17H36N7NaO14S3. The fourth-order valence-corrected chi connectivity index (χ4v) is 5.92. The molecule has 0 radical (unpaired) electrons. The predicted octanol–water partition coefficient (Wildman–Crippen LogP) is -11.9. The van der Waals surface area contributed by atoms with Gasteiger partial charge in [0.25, 0.3) is 5.91 Å². The number of carboxylic acids is 2. The van der Waals surface area contributed by atoms with Crippen molar-refractivity contribution < 1.29 is 102 Å². The second kappa shape index (κ2) is 22.0. The van der Waals surface area contributed by atoms with E-state index < -0.39 is 46.8 Å². The summed E-state index contributed by atoms with van der Waals surface area (Å²) < 4.78 is 6.82. The van der Waals surface area contributed by atoms with Gasteiger partial charge in [0.1, 0.15) is 12.1 Å². The van der Waals surface area contributed by atoms with Crippen LogP contribution in [0.3, 0.4) is 0 Å². The molecule has 42 heavy (non-hydrogen) atoms. The third-order valence-corrected chi connectivity index (χ3v) is 7.89. The van der Waals surface area contributed by atoms with Crippen molar-refractivity contribution >= 4 is 59.9 Å². The molecule has 0 bridgehead atoms. The van der Waals surface area contributed by atoms with Crippen molar-refractivity contribution in [2.45, 2.75) is 34.6 Å². The SMILES string of the molecule is CO[C@]1(NC(=O)CSC[C@@H](N)C(=O)O)C(=O)N2C(C(=O)[O-])=C(CSc3nnnn3C)CC(S)[C@H]21.O.O.O.O.O.O.O.[Na+]. The van der Waals surface area contributed by atoms with Crippen LogP contribution in [0.5, 0.6) is 0 Å². The molecule has 0 saturated carbocycles. The number of β-lactam (4-membered cyclic amide) rings is 1. The second-order valence-electron chi connectivity index (χ2n) is 7.45. The Kier molecular flexibility index (Phi) is 27.7. The summed E-state index contributed by atoms with van der Waals surface area (Å²) in [7, 11) is 2.86. The van der Waals surface area contributed by atoms with E-state index in [2.05, 4.69) is 33.5 Å². The van der Waals surface area contributed by atoms with Gasteiger partial charge in [-0.2, -0.15) is 12.6 Å². The topological polar surface area (TPSA) is 426 Å². The van der Waals surface area contributed by atoms with Crippen LogP contribution < -0.4 is 45.7 Å². The predicted molar refractivity (Wildman–Crippen MR) is 146 cm³/mol. The summed E-state index contributed by atoms with van der Waals surface area (Å²) in [5.41, 5.74) is 3.71. The van der Waals surface area contributed by atoms with Crippen LogP contribution in [0.2, 0.25) is 0 Å². The van der Waals surface area contributed by atoms with Gasteiger partial charge in [-0.25, -0.2) is 4.68 Å². The van der Waals surface area contributed by atoms with Crippen molar-refractivity contribution in [3.05, 3.63) is 11.3 Å². The Morgan fingerprint density at radius 2 is 1.81 bits per heavy atom. The standard InChI is InChI=1S/C17H23N7O7S3.Na.7H2O/c1-23-16(20-21-22-23)34-4-7-3-9(32)12-17(31-2,15(30)24(12)11(7)14(28)29)19-10(25)6-33-5-8(18)13(26)27;;;;;;;;/h8-9,12,32H,3-6,18H2,1-2H3,(H,19,25)(H,26,27)(H,28,29);;7*1H2/q;+1;;;;;;;/p-1/t8-,9?,12+,17+;;;;;;;;/m1......../s1. The molecule has 25 heteroatoms. The molecule has 1 aromatic heterocycles. The first-order chi connectivity index (χ1) is 16.0. The van der Waals surface area contributed by atoms with Crippen molar-refractivity contribution in [1.82, 2.24) is 30.4 Å². The minimum absolute atomic E-state index is 0. The number of nitrogens with one attached hydrogen (secondary N) is 1. The molecule has 2 amide bonds. The fraction of sp³-hybridized carbons (Fsp3) is 0.588. The van der Waals surface area contributed by atoms with Gasteiger partial charge in [-0.3, -0.25) is 19.3 Å². The van der Waals surface area contributed by atoms with Crippen LogP contribution in [-0.4, -0.2) is 140 Å². The molecule has 3 heterocycles. The average Bonchev–Trinajstić information content (AvgIpc) is 3.19. The molecule has 242 valence electrons. The summed E-state index contributed by atoms with van der Waals surface area (Å²) in [6.45, 7) is 0. The summed E-state index contributed by atoms with van der Waals surface area (Å²) >= 11 is 6.73. The molecule has 1 aromatic rings. The van der Waals surface area contributed by atoms with Gasteiger partial charge in [0.05, 0.1) is 17.4 Å². The first kappa shape index (κ1) is 53.0. The summed E-state index contributed by atoms with van der Waals surface area (Å²) in [6, 6.07) is -2.04. The molecule has 21 nitrogen and oxygen atoms in total. The van der Waals surface area contributed by atoms with Crippen molar-refractivity contribution in [3.63, 3.8) is 0 Å². The number of fused-ring (bicyclic) bond motifs is 1. The summed E-state index contributed by atoms with van der Waals surface area (Å²) in [5, 5.41) is 34.3. The van der Waals surface area contributed by atoms with E-state index in [1.165, 1.54) is 23.6 Å². The number of aliphatic carboxylic acids is 2. The number of methoxy groups -OCH3 is 1. The molecule has 4 atom stereocenters. The van der Waals surface area contributed by atoms with Crippen LogP contribution in [0.15, 0.2) is 16.4 Å². The zero-order valence-corrected chi connectivity index (χ0v) is 27.1. The smallest absolute Gasteiger partial charge is 0.543 e. The number of carboxylic acid groups (broad SMARTS) is 2. The molecule has 0 aromatic carbocycles. The quantitative estimate of drug-likeness (QED) is 0.0555. The number of hydrogen-bond donors (Lipinski definition) is 4. The van der Waals surface area contributed by atoms with Crippen LogP contribution in [0.25, 0.3) is 0 Å². The minimum atomic E-state index is -1.81. The van der Waals surface area contributed by atoms with E-state index in [0.717, 1.165) is 16.7 Å². The number of hydrogen-bond acceptors (Lipinski definition) is 13. The van der Waals surface area contributed by atoms with E-state index in [9.17, 15) is 24.3 Å². The summed E-state index contributed by atoms with van der Waals surface area (Å²) in [6.07, 6.45) is 0.183. The van der Waals surface area contributed by atoms with E-state index in [-0.39, 0.29) is 97.3 Å². The third kappa shape index (κ3) is 10.5. The Morgan fingerprint density at radius 1 is 1.24 bits per heavy atom. The maximum Gasteiger partial charge on any atom is 1.00 e. The van der Waals surface area contributed by atoms with Crippen LogP contribution in [0.4, 0.5) is 0 Å². The zero-order valence-electron chi connectivity index (χ0n) is 22.5.